The van der Waals surface area contributed by atoms with Crippen LogP contribution in [0, 0.1) is 12.3 Å². The number of hydrogen-bond acceptors (Lipinski definition) is 5. The molecule has 0 bridgehead atoms. The van der Waals surface area contributed by atoms with Gasteiger partial charge in [0.1, 0.15) is 0 Å². The number of aryl methyl sites for hydroxylation is 1. The molecular weight excluding hydrogens is 394 g/mol. The molecule has 1 N–H and O–H groups in total. The van der Waals surface area contributed by atoms with Gasteiger partial charge in [0.25, 0.3) is 5.91 Å². The maximum Gasteiger partial charge on any atom is 0.294 e. The number of ether oxygens (including phenoxy) is 2. The Morgan fingerprint density at radius 1 is 1.13 bits per heavy atom. The van der Waals surface area contributed by atoms with Gasteiger partial charge in [0.15, 0.2) is 23.0 Å². The Labute approximate surface area is 183 Å². The third-order valence-electron chi connectivity index (χ3n) is 5.22. The Balaban J connectivity index is 2.24. The van der Waals surface area contributed by atoms with Crippen molar-refractivity contribution in [2.45, 2.75) is 40.7 Å². The van der Waals surface area contributed by atoms with Gasteiger partial charge in [0.05, 0.1) is 25.3 Å². The van der Waals surface area contributed by atoms with E-state index in [1.54, 1.807) is 52.1 Å². The van der Waals surface area contributed by atoms with Crippen LogP contribution in [0.1, 0.15) is 44.9 Å². The maximum absolute atomic E-state index is 13.3. The lowest BCUT2D eigenvalue weighted by Crippen LogP contribution is -2.32. The monoisotopic (exact) mass is 423 g/mol. The second kappa shape index (κ2) is 8.46. The molecule has 1 aliphatic heterocycles. The fourth-order valence-electron chi connectivity index (χ4n) is 3.73. The van der Waals surface area contributed by atoms with Crippen LogP contribution in [-0.2, 0) is 9.59 Å². The van der Waals surface area contributed by atoms with Gasteiger partial charge in [-0.15, -0.1) is 0 Å². The summed E-state index contributed by atoms with van der Waals surface area (Å²) < 4.78 is 11.1. The van der Waals surface area contributed by atoms with Crippen LogP contribution in [0.3, 0.4) is 0 Å². The number of methoxy groups -OCH3 is 1. The average Bonchev–Trinajstić information content (AvgIpc) is 2.97. The van der Waals surface area contributed by atoms with Crippen molar-refractivity contribution in [3.05, 3.63) is 64.9 Å². The molecule has 1 atom stereocenters. The highest BCUT2D eigenvalue weighted by atomic mass is 16.5. The molecule has 2 aromatic carbocycles. The molecule has 0 saturated heterocycles. The molecule has 1 unspecified atom stereocenters. The zero-order valence-corrected chi connectivity index (χ0v) is 18.9. The lowest BCUT2D eigenvalue weighted by molar-refractivity contribution is -0.123. The van der Waals surface area contributed by atoms with E-state index in [2.05, 4.69) is 0 Å². The molecule has 0 fully saturated rings. The van der Waals surface area contributed by atoms with Crippen LogP contribution in [0.5, 0.6) is 11.5 Å². The van der Waals surface area contributed by atoms with Gasteiger partial charge in [0.2, 0.25) is 0 Å². The largest absolute Gasteiger partial charge is 0.503 e. The highest BCUT2D eigenvalue weighted by Crippen LogP contribution is 2.45. The molecule has 0 spiro atoms. The first-order valence-corrected chi connectivity index (χ1v) is 10.3. The lowest BCUT2D eigenvalue weighted by atomic mass is 9.82. The van der Waals surface area contributed by atoms with Crippen molar-refractivity contribution in [1.29, 1.82) is 0 Å². The van der Waals surface area contributed by atoms with Gasteiger partial charge >= 0.3 is 0 Å². The fraction of sp³-hybridized carbons (Fsp3) is 0.360. The van der Waals surface area contributed by atoms with Gasteiger partial charge in [-0.2, -0.15) is 0 Å². The van der Waals surface area contributed by atoms with Crippen LogP contribution in [0.4, 0.5) is 5.69 Å². The molecule has 0 saturated carbocycles. The predicted molar refractivity (Wildman–Crippen MR) is 120 cm³/mol. The Bertz CT molecular complexity index is 1050. The maximum atomic E-state index is 13.3. The molecule has 2 aromatic rings. The smallest absolute Gasteiger partial charge is 0.294 e. The zero-order chi connectivity index (χ0) is 22.9. The van der Waals surface area contributed by atoms with Gasteiger partial charge in [-0.1, -0.05) is 39.0 Å². The van der Waals surface area contributed by atoms with E-state index < -0.39 is 23.1 Å². The minimum atomic E-state index is -0.786. The van der Waals surface area contributed by atoms with Crippen LogP contribution in [0.25, 0.3) is 0 Å². The van der Waals surface area contributed by atoms with E-state index in [-0.39, 0.29) is 11.4 Å². The van der Waals surface area contributed by atoms with Gasteiger partial charge in [-0.3, -0.25) is 14.5 Å². The molecule has 0 aliphatic carbocycles. The first-order chi connectivity index (χ1) is 14.6. The number of rotatable bonds is 6. The molecule has 1 amide bonds. The zero-order valence-electron chi connectivity index (χ0n) is 18.9. The molecule has 6 heteroatoms. The van der Waals surface area contributed by atoms with Crippen molar-refractivity contribution in [2.24, 2.45) is 5.41 Å². The highest BCUT2D eigenvalue weighted by Gasteiger charge is 2.46. The number of aliphatic hydroxyl groups excluding tert-OH is 1. The van der Waals surface area contributed by atoms with E-state index in [0.717, 1.165) is 5.56 Å². The third-order valence-corrected chi connectivity index (χ3v) is 5.22. The molecule has 31 heavy (non-hydrogen) atoms. The summed E-state index contributed by atoms with van der Waals surface area (Å²) in [6.45, 7) is 9.53. The van der Waals surface area contributed by atoms with E-state index >= 15 is 0 Å². The number of ketones is 1. The third kappa shape index (κ3) is 4.15. The van der Waals surface area contributed by atoms with E-state index in [0.29, 0.717) is 29.4 Å². The number of Topliss-reactive ketones (excluding diaryl/α,β-unsaturated/α-hetero) is 1. The Morgan fingerprint density at radius 2 is 1.84 bits per heavy atom. The van der Waals surface area contributed by atoms with Crippen LogP contribution >= 0.6 is 0 Å². The molecule has 6 nitrogen and oxygen atoms in total. The van der Waals surface area contributed by atoms with Crippen LogP contribution in [0.2, 0.25) is 0 Å². The number of carbonyl (C=O) groups excluding carboxylic acids is 2. The van der Waals surface area contributed by atoms with Crippen molar-refractivity contribution in [3.8, 4) is 11.5 Å². The minimum absolute atomic E-state index is 0.0895. The van der Waals surface area contributed by atoms with Crippen LogP contribution < -0.4 is 14.4 Å². The van der Waals surface area contributed by atoms with Crippen molar-refractivity contribution >= 4 is 17.4 Å². The summed E-state index contributed by atoms with van der Waals surface area (Å²) in [5, 5.41) is 10.8. The van der Waals surface area contributed by atoms with E-state index in [1.165, 1.54) is 4.90 Å². The normalized spacial score (nSPS) is 16.6. The second-order valence-electron chi connectivity index (χ2n) is 8.60. The molecular formula is C25H29NO5. The summed E-state index contributed by atoms with van der Waals surface area (Å²) in [5.74, 6) is -0.341. The number of benzene rings is 2. The van der Waals surface area contributed by atoms with Gasteiger partial charge in [-0.25, -0.2) is 0 Å². The molecule has 0 radical (unpaired) electrons. The Kier molecular flexibility index (Phi) is 6.11. The molecule has 0 aromatic heterocycles. The van der Waals surface area contributed by atoms with E-state index in [9.17, 15) is 14.7 Å². The van der Waals surface area contributed by atoms with Crippen molar-refractivity contribution in [3.63, 3.8) is 0 Å². The van der Waals surface area contributed by atoms with Gasteiger partial charge < -0.3 is 14.6 Å². The number of carbonyl (C=O) groups is 2. The Morgan fingerprint density at radius 3 is 2.42 bits per heavy atom. The molecule has 1 aliphatic rings. The highest BCUT2D eigenvalue weighted by molar-refractivity contribution is 6.17. The summed E-state index contributed by atoms with van der Waals surface area (Å²) in [7, 11) is 1.55. The standard InChI is InChI=1S/C25H29NO5/c1-7-31-19-14-16(11-12-18(19)30-6)21-20(23(28)25(3,4)5)22(27)24(29)26(21)17-10-8-9-15(2)13-17/h8-14,21,27H,7H2,1-6H3. The summed E-state index contributed by atoms with van der Waals surface area (Å²) in [5.41, 5.74) is 1.53. The summed E-state index contributed by atoms with van der Waals surface area (Å²) in [6, 6.07) is 11.9. The Hall–Kier alpha value is -3.28. The topological polar surface area (TPSA) is 76.1 Å². The number of anilines is 1. The molecule has 164 valence electrons. The van der Waals surface area contributed by atoms with E-state index in [1.807, 2.05) is 32.0 Å². The number of nitrogens with zero attached hydrogens (tertiary/aromatic N) is 1. The van der Waals surface area contributed by atoms with Crippen LogP contribution in [-0.4, -0.2) is 30.5 Å². The fourth-order valence-corrected chi connectivity index (χ4v) is 3.73. The van der Waals surface area contributed by atoms with E-state index in [4.69, 9.17) is 9.47 Å². The SMILES string of the molecule is CCOc1cc(C2C(C(=O)C(C)(C)C)=C(O)C(=O)N2c2cccc(C)c2)ccc1OC. The number of amides is 1. The average molecular weight is 424 g/mol. The first-order valence-electron chi connectivity index (χ1n) is 10.3. The number of aliphatic hydroxyl groups is 1. The summed E-state index contributed by atoms with van der Waals surface area (Å²) in [6.07, 6.45) is 0. The van der Waals surface area contributed by atoms with Gasteiger partial charge in [0, 0.05) is 11.1 Å². The number of hydrogen-bond donors (Lipinski definition) is 1. The quantitative estimate of drug-likeness (QED) is 0.714. The van der Waals surface area contributed by atoms with Crippen molar-refractivity contribution in [1.82, 2.24) is 0 Å². The minimum Gasteiger partial charge on any atom is -0.503 e. The second-order valence-corrected chi connectivity index (χ2v) is 8.60. The molecule has 3 rings (SSSR count). The summed E-state index contributed by atoms with van der Waals surface area (Å²) >= 11 is 0. The van der Waals surface area contributed by atoms with Crippen LogP contribution in [0.15, 0.2) is 53.8 Å². The molecule has 1 heterocycles. The predicted octanol–water partition coefficient (Wildman–Crippen LogP) is 4.92. The first kappa shape index (κ1) is 22.4. The van der Waals surface area contributed by atoms with Crippen molar-refractivity contribution in [2.75, 3.05) is 18.6 Å². The van der Waals surface area contributed by atoms with Crippen molar-refractivity contribution < 1.29 is 24.2 Å². The lowest BCUT2D eigenvalue weighted by Gasteiger charge is -2.29. The van der Waals surface area contributed by atoms with Gasteiger partial charge in [-0.05, 0) is 49.2 Å². The summed E-state index contributed by atoms with van der Waals surface area (Å²) in [4.78, 5) is 28.0.